The van der Waals surface area contributed by atoms with Crippen LogP contribution in [0.1, 0.15) is 35.0 Å². The molecule has 1 aliphatic rings. The average molecular weight is 391 g/mol. The Morgan fingerprint density at radius 3 is 2.85 bits per heavy atom. The zero-order valence-electron chi connectivity index (χ0n) is 13.6. The van der Waals surface area contributed by atoms with E-state index in [0.29, 0.717) is 28.4 Å². The molecule has 134 valence electrons. The van der Waals surface area contributed by atoms with Crippen LogP contribution in [0.5, 0.6) is 0 Å². The van der Waals surface area contributed by atoms with Gasteiger partial charge in [0.2, 0.25) is 10.9 Å². The van der Waals surface area contributed by atoms with Gasteiger partial charge in [-0.25, -0.2) is 0 Å². The fourth-order valence-corrected chi connectivity index (χ4v) is 3.82. The van der Waals surface area contributed by atoms with Gasteiger partial charge in [0.1, 0.15) is 0 Å². The van der Waals surface area contributed by atoms with Gasteiger partial charge in [-0.15, -0.1) is 10.2 Å². The molecule has 0 unspecified atom stereocenters. The largest absolute Gasteiger partial charge is 0.381 e. The number of nitrogens with zero attached hydrogens (tertiary/aromatic N) is 3. The van der Waals surface area contributed by atoms with Crippen LogP contribution < -0.4 is 5.32 Å². The van der Waals surface area contributed by atoms with Gasteiger partial charge in [0.15, 0.2) is 5.01 Å². The first-order chi connectivity index (χ1) is 12.7. The Hall–Kier alpha value is -2.29. The van der Waals surface area contributed by atoms with E-state index >= 15 is 0 Å². The number of benzene rings is 1. The standard InChI is InChI=1S/C17H15ClN4O3S/c18-12-4-2-1-3-11(12)16-20-21-17(26-16)19-15(23)14-9-13(22-25-14)10-5-7-24-8-6-10/h1-4,9-10H,5-8H2,(H,19,21,23). The van der Waals surface area contributed by atoms with E-state index in [2.05, 4.69) is 20.7 Å². The summed E-state index contributed by atoms with van der Waals surface area (Å²) in [5.41, 5.74) is 1.56. The predicted molar refractivity (Wildman–Crippen MR) is 97.6 cm³/mol. The van der Waals surface area contributed by atoms with E-state index < -0.39 is 5.91 Å². The van der Waals surface area contributed by atoms with Crippen LogP contribution in [0.2, 0.25) is 5.02 Å². The molecule has 0 radical (unpaired) electrons. The smallest absolute Gasteiger partial charge is 0.296 e. The first kappa shape index (κ1) is 17.1. The van der Waals surface area contributed by atoms with E-state index in [1.54, 1.807) is 12.1 Å². The molecule has 1 amide bonds. The molecule has 0 saturated carbocycles. The van der Waals surface area contributed by atoms with Crippen LogP contribution in [-0.2, 0) is 4.74 Å². The quantitative estimate of drug-likeness (QED) is 0.724. The van der Waals surface area contributed by atoms with E-state index in [1.165, 1.54) is 11.3 Å². The summed E-state index contributed by atoms with van der Waals surface area (Å²) in [6.07, 6.45) is 1.76. The highest BCUT2D eigenvalue weighted by atomic mass is 35.5. The number of amides is 1. The Balaban J connectivity index is 1.45. The molecule has 1 aliphatic heterocycles. The minimum absolute atomic E-state index is 0.154. The molecule has 4 rings (SSSR count). The van der Waals surface area contributed by atoms with Crippen molar-refractivity contribution in [2.24, 2.45) is 0 Å². The van der Waals surface area contributed by atoms with Crippen LogP contribution in [0.25, 0.3) is 10.6 Å². The lowest BCUT2D eigenvalue weighted by Gasteiger charge is -2.19. The van der Waals surface area contributed by atoms with Crippen molar-refractivity contribution in [1.29, 1.82) is 0 Å². The third-order valence-electron chi connectivity index (χ3n) is 4.14. The maximum Gasteiger partial charge on any atom is 0.296 e. The number of rotatable bonds is 4. The summed E-state index contributed by atoms with van der Waals surface area (Å²) >= 11 is 7.41. The third-order valence-corrected chi connectivity index (χ3v) is 5.34. The van der Waals surface area contributed by atoms with Crippen LogP contribution in [-0.4, -0.2) is 34.5 Å². The Labute approximate surface area is 158 Å². The van der Waals surface area contributed by atoms with Gasteiger partial charge in [0.05, 0.1) is 10.7 Å². The van der Waals surface area contributed by atoms with Crippen LogP contribution >= 0.6 is 22.9 Å². The van der Waals surface area contributed by atoms with E-state index in [4.69, 9.17) is 20.9 Å². The van der Waals surface area contributed by atoms with Gasteiger partial charge in [0.25, 0.3) is 5.91 Å². The lowest BCUT2D eigenvalue weighted by Crippen LogP contribution is -2.14. The molecule has 0 bridgehead atoms. The average Bonchev–Trinajstić information content (AvgIpc) is 3.33. The molecular formula is C17H15ClN4O3S. The Kier molecular flexibility index (Phi) is 4.96. The van der Waals surface area contributed by atoms with Crippen molar-refractivity contribution in [3.8, 4) is 10.6 Å². The topological polar surface area (TPSA) is 90.1 Å². The number of carbonyl (C=O) groups is 1. The van der Waals surface area contributed by atoms with Crippen molar-refractivity contribution in [2.45, 2.75) is 18.8 Å². The summed E-state index contributed by atoms with van der Waals surface area (Å²) in [6, 6.07) is 9.03. The molecule has 2 aromatic heterocycles. The number of aromatic nitrogens is 3. The van der Waals surface area contributed by atoms with E-state index in [0.717, 1.165) is 24.1 Å². The first-order valence-corrected chi connectivity index (χ1v) is 9.34. The van der Waals surface area contributed by atoms with Crippen LogP contribution in [0.15, 0.2) is 34.9 Å². The summed E-state index contributed by atoms with van der Waals surface area (Å²) < 4.78 is 10.5. The van der Waals surface area contributed by atoms with Gasteiger partial charge in [-0.1, -0.05) is 46.3 Å². The Bertz CT molecular complexity index is 920. The summed E-state index contributed by atoms with van der Waals surface area (Å²) in [5, 5.41) is 16.4. The number of anilines is 1. The first-order valence-electron chi connectivity index (χ1n) is 8.15. The Morgan fingerprint density at radius 2 is 2.04 bits per heavy atom. The molecule has 1 fully saturated rings. The van der Waals surface area contributed by atoms with Crippen LogP contribution in [0.3, 0.4) is 0 Å². The molecule has 1 aromatic carbocycles. The second-order valence-corrected chi connectivity index (χ2v) is 7.23. The van der Waals surface area contributed by atoms with Crippen molar-refractivity contribution in [3.05, 3.63) is 46.8 Å². The maximum absolute atomic E-state index is 12.4. The van der Waals surface area contributed by atoms with Gasteiger partial charge in [0, 0.05) is 30.8 Å². The molecule has 0 atom stereocenters. The third kappa shape index (κ3) is 3.62. The summed E-state index contributed by atoms with van der Waals surface area (Å²) in [7, 11) is 0. The minimum Gasteiger partial charge on any atom is -0.381 e. The zero-order chi connectivity index (χ0) is 17.9. The maximum atomic E-state index is 12.4. The summed E-state index contributed by atoms with van der Waals surface area (Å²) in [5.74, 6) is 0.0149. The van der Waals surface area contributed by atoms with Crippen LogP contribution in [0.4, 0.5) is 5.13 Å². The minimum atomic E-state index is -0.405. The number of carbonyl (C=O) groups excluding carboxylic acids is 1. The van der Waals surface area contributed by atoms with E-state index in [1.807, 2.05) is 18.2 Å². The molecule has 9 heteroatoms. The highest BCUT2D eigenvalue weighted by Crippen LogP contribution is 2.32. The van der Waals surface area contributed by atoms with Crippen molar-refractivity contribution in [1.82, 2.24) is 15.4 Å². The molecule has 26 heavy (non-hydrogen) atoms. The molecule has 3 aromatic rings. The predicted octanol–water partition coefficient (Wildman–Crippen LogP) is 3.99. The van der Waals surface area contributed by atoms with Crippen molar-refractivity contribution >= 4 is 34.0 Å². The van der Waals surface area contributed by atoms with Crippen LogP contribution in [0, 0.1) is 0 Å². The summed E-state index contributed by atoms with van der Waals surface area (Å²) in [4.78, 5) is 12.4. The number of nitrogens with one attached hydrogen (secondary N) is 1. The lowest BCUT2D eigenvalue weighted by molar-refractivity contribution is 0.0837. The Morgan fingerprint density at radius 1 is 1.23 bits per heavy atom. The molecule has 1 N–H and O–H groups in total. The zero-order valence-corrected chi connectivity index (χ0v) is 15.2. The second kappa shape index (κ2) is 7.53. The number of halogens is 1. The van der Waals surface area contributed by atoms with Crippen molar-refractivity contribution in [3.63, 3.8) is 0 Å². The van der Waals surface area contributed by atoms with Gasteiger partial charge >= 0.3 is 0 Å². The van der Waals surface area contributed by atoms with Crippen molar-refractivity contribution in [2.75, 3.05) is 18.5 Å². The number of hydrogen-bond donors (Lipinski definition) is 1. The fourth-order valence-electron chi connectivity index (χ4n) is 2.76. The SMILES string of the molecule is O=C(Nc1nnc(-c2ccccc2Cl)s1)c1cc(C2CCOCC2)no1. The molecule has 1 saturated heterocycles. The second-order valence-electron chi connectivity index (χ2n) is 5.85. The molecule has 0 spiro atoms. The van der Waals surface area contributed by atoms with E-state index in [-0.39, 0.29) is 11.7 Å². The normalized spacial score (nSPS) is 15.1. The van der Waals surface area contributed by atoms with Gasteiger partial charge in [-0.2, -0.15) is 0 Å². The number of hydrogen-bond acceptors (Lipinski definition) is 7. The monoisotopic (exact) mass is 390 g/mol. The van der Waals surface area contributed by atoms with Crippen molar-refractivity contribution < 1.29 is 14.1 Å². The highest BCUT2D eigenvalue weighted by molar-refractivity contribution is 7.18. The van der Waals surface area contributed by atoms with Gasteiger partial charge in [-0.05, 0) is 18.9 Å². The molecule has 0 aliphatic carbocycles. The van der Waals surface area contributed by atoms with E-state index in [9.17, 15) is 4.79 Å². The lowest BCUT2D eigenvalue weighted by atomic mass is 9.96. The van der Waals surface area contributed by atoms with Gasteiger partial charge < -0.3 is 9.26 Å². The molecule has 7 nitrogen and oxygen atoms in total. The molecular weight excluding hydrogens is 376 g/mol. The molecule has 3 heterocycles. The number of ether oxygens (including phenoxy) is 1. The highest BCUT2D eigenvalue weighted by Gasteiger charge is 2.22. The fraction of sp³-hybridized carbons (Fsp3) is 0.294. The summed E-state index contributed by atoms with van der Waals surface area (Å²) in [6.45, 7) is 1.41. The van der Waals surface area contributed by atoms with Gasteiger partial charge in [-0.3, -0.25) is 10.1 Å².